The quantitative estimate of drug-likeness (QED) is 0.500. The molecule has 0 heterocycles. The first-order valence-corrected chi connectivity index (χ1v) is 9.05. The van der Waals surface area contributed by atoms with E-state index in [0.717, 1.165) is 12.0 Å². The number of hydrogen-bond acceptors (Lipinski definition) is 5. The summed E-state index contributed by atoms with van der Waals surface area (Å²) in [6, 6.07) is 6.82. The number of amides is 1. The summed E-state index contributed by atoms with van der Waals surface area (Å²) in [6.45, 7) is 8.20. The van der Waals surface area contributed by atoms with Gasteiger partial charge in [-0.05, 0) is 36.5 Å². The minimum Gasteiger partial charge on any atom is -0.468 e. The fourth-order valence-corrected chi connectivity index (χ4v) is 2.50. The highest BCUT2D eigenvalue weighted by atomic mass is 35.5. The molecule has 0 fully saturated rings. The molecule has 26 heavy (non-hydrogen) atoms. The molecule has 7 heteroatoms. The van der Waals surface area contributed by atoms with Gasteiger partial charge in [0.1, 0.15) is 12.6 Å². The summed E-state index contributed by atoms with van der Waals surface area (Å²) in [7, 11) is 1.32. The summed E-state index contributed by atoms with van der Waals surface area (Å²) < 4.78 is 10.0. The molecule has 0 spiro atoms. The lowest BCUT2D eigenvalue weighted by molar-refractivity contribution is -0.143. The number of carbonyl (C=O) groups is 2. The smallest absolute Gasteiger partial charge is 0.421 e. The van der Waals surface area contributed by atoms with Gasteiger partial charge in [-0.3, -0.25) is 10.2 Å². The zero-order chi connectivity index (χ0) is 19.7. The highest BCUT2D eigenvalue weighted by Gasteiger charge is 2.24. The summed E-state index contributed by atoms with van der Waals surface area (Å²) in [5.41, 5.74) is 5.68. The van der Waals surface area contributed by atoms with Crippen molar-refractivity contribution in [2.45, 2.75) is 52.0 Å². The van der Waals surface area contributed by atoms with Crippen molar-refractivity contribution in [3.63, 3.8) is 0 Å². The number of rotatable bonds is 9. The second kappa shape index (κ2) is 10.4. The molecule has 1 rings (SSSR count). The Balaban J connectivity index is 2.52. The molecule has 1 aromatic carbocycles. The van der Waals surface area contributed by atoms with E-state index in [0.29, 0.717) is 17.4 Å². The summed E-state index contributed by atoms with van der Waals surface area (Å²) >= 11 is 6.02. The van der Waals surface area contributed by atoms with Crippen molar-refractivity contribution in [2.24, 2.45) is 5.92 Å². The average Bonchev–Trinajstić information content (AvgIpc) is 2.59. The van der Waals surface area contributed by atoms with Gasteiger partial charge in [-0.15, -0.1) is 0 Å². The normalized spacial score (nSPS) is 12.6. The molecule has 146 valence electrons. The first-order chi connectivity index (χ1) is 12.2. The van der Waals surface area contributed by atoms with Gasteiger partial charge in [-0.25, -0.2) is 10.2 Å². The Morgan fingerprint density at radius 1 is 1.23 bits per heavy atom. The monoisotopic (exact) mass is 384 g/mol. The van der Waals surface area contributed by atoms with Crippen LogP contribution in [0.3, 0.4) is 0 Å². The van der Waals surface area contributed by atoms with Crippen molar-refractivity contribution < 1.29 is 19.1 Å². The van der Waals surface area contributed by atoms with Gasteiger partial charge in [0, 0.05) is 10.4 Å². The molecule has 0 aliphatic carbocycles. The van der Waals surface area contributed by atoms with E-state index in [1.807, 2.05) is 32.0 Å². The van der Waals surface area contributed by atoms with Gasteiger partial charge >= 0.3 is 12.1 Å². The topological polar surface area (TPSA) is 76.7 Å². The van der Waals surface area contributed by atoms with Gasteiger partial charge in [0.05, 0.1) is 7.11 Å². The number of halogens is 1. The molecule has 0 saturated carbocycles. The van der Waals surface area contributed by atoms with Crippen LogP contribution in [-0.2, 0) is 19.7 Å². The minimum atomic E-state index is -0.654. The molecule has 0 aliphatic heterocycles. The van der Waals surface area contributed by atoms with Crippen molar-refractivity contribution in [3.05, 3.63) is 34.9 Å². The Labute approximate surface area is 160 Å². The Hall–Kier alpha value is -1.79. The number of benzene rings is 1. The molecule has 1 atom stereocenters. The lowest BCUT2D eigenvalue weighted by Crippen LogP contribution is -2.49. The molecule has 1 unspecified atom stereocenters. The number of carbonyl (C=O) groups excluding carboxylic acids is 2. The molecule has 0 bridgehead atoms. The van der Waals surface area contributed by atoms with Crippen molar-refractivity contribution >= 4 is 23.7 Å². The number of ether oxygens (including phenoxy) is 2. The van der Waals surface area contributed by atoms with Crippen LogP contribution in [0.4, 0.5) is 4.79 Å². The molecule has 1 aromatic rings. The van der Waals surface area contributed by atoms with E-state index in [1.165, 1.54) is 7.11 Å². The maximum atomic E-state index is 12.0. The van der Waals surface area contributed by atoms with E-state index in [-0.39, 0.29) is 6.61 Å². The summed E-state index contributed by atoms with van der Waals surface area (Å²) in [4.78, 5) is 23.7. The van der Waals surface area contributed by atoms with Gasteiger partial charge in [0.25, 0.3) is 0 Å². The highest BCUT2D eigenvalue weighted by Crippen LogP contribution is 2.25. The van der Waals surface area contributed by atoms with Crippen LogP contribution in [0.5, 0.6) is 0 Å². The first-order valence-electron chi connectivity index (χ1n) is 8.68. The Bertz CT molecular complexity index is 605. The van der Waals surface area contributed by atoms with Crippen LogP contribution in [0.15, 0.2) is 24.3 Å². The van der Waals surface area contributed by atoms with Gasteiger partial charge in [-0.1, -0.05) is 51.4 Å². The van der Waals surface area contributed by atoms with E-state index in [2.05, 4.69) is 24.7 Å². The van der Waals surface area contributed by atoms with Crippen molar-refractivity contribution in [2.75, 3.05) is 13.7 Å². The molecular weight excluding hydrogens is 356 g/mol. The molecule has 6 nitrogen and oxygen atoms in total. The maximum absolute atomic E-state index is 12.0. The van der Waals surface area contributed by atoms with E-state index >= 15 is 0 Å². The van der Waals surface area contributed by atoms with E-state index in [4.69, 9.17) is 21.1 Å². The van der Waals surface area contributed by atoms with Crippen molar-refractivity contribution in [1.82, 2.24) is 10.9 Å². The maximum Gasteiger partial charge on any atom is 0.421 e. The van der Waals surface area contributed by atoms with E-state index in [9.17, 15) is 9.59 Å². The lowest BCUT2D eigenvalue weighted by Gasteiger charge is -2.25. The Morgan fingerprint density at radius 3 is 2.50 bits per heavy atom. The van der Waals surface area contributed by atoms with Crippen LogP contribution in [-0.4, -0.2) is 31.8 Å². The standard InChI is InChI=1S/C19H29ClN2O4/c1-13(2)9-10-16(17(23)25-5)21-22-18(24)26-12-19(3,4)14-7-6-8-15(20)11-14/h6-8,11,13,16,21H,9-10,12H2,1-5H3,(H,22,24). The molecule has 0 aromatic heterocycles. The summed E-state index contributed by atoms with van der Waals surface area (Å²) in [6.07, 6.45) is 0.725. The number of methoxy groups -OCH3 is 1. The second-order valence-electron chi connectivity index (χ2n) is 7.29. The highest BCUT2D eigenvalue weighted by molar-refractivity contribution is 6.30. The zero-order valence-electron chi connectivity index (χ0n) is 16.1. The Morgan fingerprint density at radius 2 is 1.92 bits per heavy atom. The largest absolute Gasteiger partial charge is 0.468 e. The molecule has 0 aliphatic rings. The lowest BCUT2D eigenvalue weighted by atomic mass is 9.86. The van der Waals surface area contributed by atoms with Crippen LogP contribution < -0.4 is 10.9 Å². The number of esters is 1. The van der Waals surface area contributed by atoms with Crippen molar-refractivity contribution in [1.29, 1.82) is 0 Å². The SMILES string of the molecule is COC(=O)C(CCC(C)C)NNC(=O)OCC(C)(C)c1cccc(Cl)c1. The Kier molecular flexibility index (Phi) is 8.88. The van der Waals surface area contributed by atoms with Gasteiger partial charge in [0.2, 0.25) is 0 Å². The predicted octanol–water partition coefficient (Wildman–Crippen LogP) is 3.83. The third-order valence-electron chi connectivity index (χ3n) is 4.04. The molecule has 2 N–H and O–H groups in total. The third-order valence-corrected chi connectivity index (χ3v) is 4.27. The zero-order valence-corrected chi connectivity index (χ0v) is 16.9. The van der Waals surface area contributed by atoms with Crippen LogP contribution >= 0.6 is 11.6 Å². The van der Waals surface area contributed by atoms with Gasteiger partial charge in [-0.2, -0.15) is 0 Å². The average molecular weight is 385 g/mol. The predicted molar refractivity (Wildman–Crippen MR) is 102 cm³/mol. The van der Waals surface area contributed by atoms with Crippen LogP contribution in [0.2, 0.25) is 5.02 Å². The minimum absolute atomic E-state index is 0.162. The fourth-order valence-electron chi connectivity index (χ4n) is 2.31. The van der Waals surface area contributed by atoms with Crippen molar-refractivity contribution in [3.8, 4) is 0 Å². The molecule has 0 saturated heterocycles. The first kappa shape index (κ1) is 22.3. The van der Waals surface area contributed by atoms with Gasteiger partial charge < -0.3 is 9.47 Å². The molecular formula is C19H29ClN2O4. The van der Waals surface area contributed by atoms with Crippen LogP contribution in [0.1, 0.15) is 46.1 Å². The number of nitrogens with one attached hydrogen (secondary N) is 2. The summed E-state index contributed by atoms with van der Waals surface area (Å²) in [5, 5.41) is 0.632. The third kappa shape index (κ3) is 7.62. The number of hydrazine groups is 1. The van der Waals surface area contributed by atoms with Crippen LogP contribution in [0.25, 0.3) is 0 Å². The molecule has 0 radical (unpaired) electrons. The molecule has 1 amide bonds. The summed E-state index contributed by atoms with van der Waals surface area (Å²) in [5.74, 6) is 0.0135. The van der Waals surface area contributed by atoms with Crippen LogP contribution in [0, 0.1) is 5.92 Å². The van der Waals surface area contributed by atoms with Gasteiger partial charge in [0.15, 0.2) is 0 Å². The fraction of sp³-hybridized carbons (Fsp3) is 0.579. The number of hydrogen-bond donors (Lipinski definition) is 2. The second-order valence-corrected chi connectivity index (χ2v) is 7.72. The van der Waals surface area contributed by atoms with E-state index < -0.39 is 23.5 Å². The van der Waals surface area contributed by atoms with E-state index in [1.54, 1.807) is 6.07 Å².